The molecule has 1 fully saturated rings. The first-order valence-electron chi connectivity index (χ1n) is 6.97. The van der Waals surface area contributed by atoms with E-state index >= 15 is 0 Å². The van der Waals surface area contributed by atoms with Crippen molar-refractivity contribution in [3.05, 3.63) is 48.6 Å². The Morgan fingerprint density at radius 3 is 2.33 bits per heavy atom. The predicted molar refractivity (Wildman–Crippen MR) is 86.8 cm³/mol. The van der Waals surface area contributed by atoms with Crippen molar-refractivity contribution in [2.75, 3.05) is 11.5 Å². The van der Waals surface area contributed by atoms with E-state index in [1.807, 2.05) is 30.3 Å². The third-order valence-electron chi connectivity index (χ3n) is 3.60. The second-order valence-electron chi connectivity index (χ2n) is 5.14. The molecule has 0 bridgehead atoms. The van der Waals surface area contributed by atoms with Crippen LogP contribution in [-0.2, 0) is 6.42 Å². The van der Waals surface area contributed by atoms with Crippen LogP contribution in [0.5, 0.6) is 0 Å². The summed E-state index contributed by atoms with van der Waals surface area (Å²) in [5, 5.41) is 0. The Labute approximate surface area is 132 Å². The van der Waals surface area contributed by atoms with E-state index in [1.54, 1.807) is 0 Å². The molecule has 0 spiro atoms. The van der Waals surface area contributed by atoms with Gasteiger partial charge in [-0.15, -0.1) is 30.1 Å². The fraction of sp³-hybridized carbons (Fsp3) is 0.500. The Kier molecular flexibility index (Phi) is 5.72. The summed E-state index contributed by atoms with van der Waals surface area (Å²) in [5.74, 6) is 0.241. The second-order valence-corrected chi connectivity index (χ2v) is 8.25. The van der Waals surface area contributed by atoms with E-state index in [2.05, 4.69) is 6.58 Å². The third-order valence-corrected chi connectivity index (χ3v) is 7.13. The van der Waals surface area contributed by atoms with Crippen LogP contribution in [-0.4, -0.2) is 21.8 Å². The number of benzene rings is 1. The molecular weight excluding hydrogens is 313 g/mol. The van der Waals surface area contributed by atoms with Crippen molar-refractivity contribution in [1.29, 1.82) is 0 Å². The molecule has 1 atom stereocenters. The fourth-order valence-corrected chi connectivity index (χ4v) is 6.31. The highest BCUT2D eigenvalue weighted by Crippen LogP contribution is 2.55. The van der Waals surface area contributed by atoms with Gasteiger partial charge in [-0.3, -0.25) is 0 Å². The van der Waals surface area contributed by atoms with E-state index in [-0.39, 0.29) is 6.42 Å². The molecule has 0 radical (unpaired) electrons. The van der Waals surface area contributed by atoms with E-state index in [4.69, 9.17) is 0 Å². The molecule has 116 valence electrons. The number of hydrogen-bond donors (Lipinski definition) is 0. The van der Waals surface area contributed by atoms with Gasteiger partial charge in [0.05, 0.1) is 10.00 Å². The lowest BCUT2D eigenvalue weighted by Gasteiger charge is -2.43. The summed E-state index contributed by atoms with van der Waals surface area (Å²) in [6.45, 7) is 3.53. The third kappa shape index (κ3) is 4.22. The largest absolute Gasteiger partial charge is 0.394 e. The average molecular weight is 332 g/mol. The van der Waals surface area contributed by atoms with Gasteiger partial charge in [-0.1, -0.05) is 36.4 Å². The molecule has 0 nitrogen and oxygen atoms in total. The molecule has 1 aliphatic rings. The van der Waals surface area contributed by atoms with Crippen LogP contribution in [0.4, 0.5) is 13.2 Å². The zero-order valence-electron chi connectivity index (χ0n) is 11.7. The monoisotopic (exact) mass is 332 g/mol. The summed E-state index contributed by atoms with van der Waals surface area (Å²) in [6.07, 6.45) is -1.39. The molecule has 5 heteroatoms. The maximum Gasteiger partial charge on any atom is 0.394 e. The number of allylic oxidation sites excluding steroid dienone is 1. The first kappa shape index (κ1) is 16.8. The minimum Gasteiger partial charge on any atom is -0.171 e. The molecule has 1 heterocycles. The lowest BCUT2D eigenvalue weighted by atomic mass is 9.94. The SMILES string of the molecule is C=CCC(C(F)(F)F)C1(Cc2ccccc2)SCCCS1. The maximum absolute atomic E-state index is 13.6. The van der Waals surface area contributed by atoms with E-state index in [1.165, 1.54) is 29.6 Å². The van der Waals surface area contributed by atoms with Crippen LogP contribution in [0.2, 0.25) is 0 Å². The zero-order chi connectivity index (χ0) is 15.3. The van der Waals surface area contributed by atoms with Gasteiger partial charge in [0, 0.05) is 0 Å². The van der Waals surface area contributed by atoms with Crippen LogP contribution >= 0.6 is 23.5 Å². The molecular formula is C16H19F3S2. The molecule has 0 N–H and O–H groups in total. The number of thioether (sulfide) groups is 2. The summed E-state index contributed by atoms with van der Waals surface area (Å²) < 4.78 is 39.9. The molecule has 0 amide bonds. The van der Waals surface area contributed by atoms with Gasteiger partial charge in [0.25, 0.3) is 0 Å². The van der Waals surface area contributed by atoms with Crippen molar-refractivity contribution in [1.82, 2.24) is 0 Å². The van der Waals surface area contributed by atoms with Crippen LogP contribution in [0, 0.1) is 5.92 Å². The average Bonchev–Trinajstić information content (AvgIpc) is 2.45. The van der Waals surface area contributed by atoms with Crippen molar-refractivity contribution < 1.29 is 13.2 Å². The first-order chi connectivity index (χ1) is 9.98. The maximum atomic E-state index is 13.6. The number of alkyl halides is 3. The van der Waals surface area contributed by atoms with Gasteiger partial charge in [-0.2, -0.15) is 13.2 Å². The van der Waals surface area contributed by atoms with E-state index in [0.717, 1.165) is 23.5 Å². The Morgan fingerprint density at radius 2 is 1.81 bits per heavy atom. The minimum atomic E-state index is -4.19. The Morgan fingerprint density at radius 1 is 1.19 bits per heavy atom. The smallest absolute Gasteiger partial charge is 0.171 e. The standard InChI is InChI=1S/C16H19F3S2/c1-2-7-14(16(17,18)19)15(20-10-6-11-21-15)12-13-8-4-3-5-9-13/h2-5,8-9,14H,1,6-7,10-12H2. The molecule has 0 aliphatic carbocycles. The van der Waals surface area contributed by atoms with Crippen molar-refractivity contribution >= 4 is 23.5 Å². The summed E-state index contributed by atoms with van der Waals surface area (Å²) in [6, 6.07) is 9.49. The highest BCUT2D eigenvalue weighted by atomic mass is 32.2. The van der Waals surface area contributed by atoms with Gasteiger partial charge in [-0.05, 0) is 36.3 Å². The van der Waals surface area contributed by atoms with Gasteiger partial charge in [0.1, 0.15) is 0 Å². The zero-order valence-corrected chi connectivity index (χ0v) is 13.4. The molecule has 1 aromatic carbocycles. The second kappa shape index (κ2) is 7.14. The Bertz CT molecular complexity index is 450. The van der Waals surface area contributed by atoms with Crippen molar-refractivity contribution in [3.63, 3.8) is 0 Å². The van der Waals surface area contributed by atoms with Crippen LogP contribution in [0.3, 0.4) is 0 Å². The lowest BCUT2D eigenvalue weighted by molar-refractivity contribution is -0.176. The highest BCUT2D eigenvalue weighted by molar-refractivity contribution is 8.18. The van der Waals surface area contributed by atoms with Crippen LogP contribution < -0.4 is 0 Å². The number of hydrogen-bond acceptors (Lipinski definition) is 2. The Hall–Kier alpha value is -0.550. The fourth-order valence-electron chi connectivity index (χ4n) is 2.63. The van der Waals surface area contributed by atoms with Gasteiger partial charge in [0.15, 0.2) is 0 Å². The molecule has 1 saturated heterocycles. The van der Waals surface area contributed by atoms with Crippen LogP contribution in [0.15, 0.2) is 43.0 Å². The molecule has 1 aliphatic heterocycles. The normalized spacial score (nSPS) is 20.0. The number of halogens is 3. The highest BCUT2D eigenvalue weighted by Gasteiger charge is 2.54. The Balaban J connectivity index is 2.32. The van der Waals surface area contributed by atoms with Gasteiger partial charge < -0.3 is 0 Å². The van der Waals surface area contributed by atoms with E-state index < -0.39 is 16.2 Å². The molecule has 0 saturated carbocycles. The van der Waals surface area contributed by atoms with Gasteiger partial charge in [-0.25, -0.2) is 0 Å². The van der Waals surface area contributed by atoms with Crippen molar-refractivity contribution in [2.45, 2.75) is 29.5 Å². The minimum absolute atomic E-state index is 0.0175. The molecule has 21 heavy (non-hydrogen) atoms. The van der Waals surface area contributed by atoms with Crippen molar-refractivity contribution in [3.8, 4) is 0 Å². The molecule has 1 aromatic rings. The summed E-state index contributed by atoms with van der Waals surface area (Å²) in [7, 11) is 0. The van der Waals surface area contributed by atoms with E-state index in [9.17, 15) is 13.2 Å². The summed E-state index contributed by atoms with van der Waals surface area (Å²) in [5.41, 5.74) is 0.970. The van der Waals surface area contributed by atoms with Crippen LogP contribution in [0.25, 0.3) is 0 Å². The molecule has 1 unspecified atom stereocenters. The molecule has 0 aromatic heterocycles. The topological polar surface area (TPSA) is 0 Å². The number of rotatable bonds is 5. The quantitative estimate of drug-likeness (QED) is 0.648. The summed E-state index contributed by atoms with van der Waals surface area (Å²) in [4.78, 5) is 0. The molecule has 2 rings (SSSR count). The summed E-state index contributed by atoms with van der Waals surface area (Å²) >= 11 is 2.95. The first-order valence-corrected chi connectivity index (χ1v) is 8.94. The predicted octanol–water partition coefficient (Wildman–Crippen LogP) is 5.55. The lowest BCUT2D eigenvalue weighted by Crippen LogP contribution is -2.44. The van der Waals surface area contributed by atoms with E-state index in [0.29, 0.717) is 6.42 Å². The van der Waals surface area contributed by atoms with Gasteiger partial charge in [0.2, 0.25) is 0 Å². The van der Waals surface area contributed by atoms with Crippen molar-refractivity contribution in [2.24, 2.45) is 5.92 Å². The van der Waals surface area contributed by atoms with Gasteiger partial charge >= 0.3 is 6.18 Å². The van der Waals surface area contributed by atoms with Crippen LogP contribution in [0.1, 0.15) is 18.4 Å².